The monoisotopic (exact) mass is 547 g/mol. The molecule has 0 aromatic heterocycles. The molecular weight excluding hydrogens is 513 g/mol. The summed E-state index contributed by atoms with van der Waals surface area (Å²) in [5.74, 6) is 1.27. The van der Waals surface area contributed by atoms with E-state index in [9.17, 15) is 9.59 Å². The molecule has 1 aromatic carbocycles. The van der Waals surface area contributed by atoms with E-state index >= 15 is 0 Å². The van der Waals surface area contributed by atoms with Crippen molar-refractivity contribution >= 4 is 41.9 Å². The van der Waals surface area contributed by atoms with Crippen LogP contribution in [0.3, 0.4) is 0 Å². The van der Waals surface area contributed by atoms with Gasteiger partial charge in [-0.25, -0.2) is 4.79 Å². The number of amides is 2. The van der Waals surface area contributed by atoms with E-state index in [0.29, 0.717) is 38.0 Å². The highest BCUT2D eigenvalue weighted by Crippen LogP contribution is 2.14. The maximum Gasteiger partial charge on any atom is 0.409 e. The smallest absolute Gasteiger partial charge is 0.409 e. The molecule has 0 saturated carbocycles. The number of carbonyl (C=O) groups is 2. The van der Waals surface area contributed by atoms with Crippen molar-refractivity contribution in [1.82, 2.24) is 20.4 Å². The van der Waals surface area contributed by atoms with E-state index in [1.54, 1.807) is 26.0 Å². The van der Waals surface area contributed by atoms with Crippen LogP contribution in [0.15, 0.2) is 29.3 Å². The number of likely N-dealkylation sites (tertiary alicyclic amines) is 1. The number of halogens is 1. The minimum Gasteiger partial charge on any atom is -0.484 e. The van der Waals surface area contributed by atoms with E-state index in [1.807, 2.05) is 31.2 Å². The summed E-state index contributed by atoms with van der Waals surface area (Å²) in [4.78, 5) is 31.0. The van der Waals surface area contributed by atoms with Gasteiger partial charge in [0.1, 0.15) is 5.75 Å². The van der Waals surface area contributed by atoms with E-state index < -0.39 is 0 Å². The Balaban J connectivity index is 0.00000480. The zero-order valence-corrected chi connectivity index (χ0v) is 21.0. The van der Waals surface area contributed by atoms with Gasteiger partial charge in [0.2, 0.25) is 0 Å². The molecular formula is C21H34IN5O4. The number of benzene rings is 1. The highest BCUT2D eigenvalue weighted by molar-refractivity contribution is 14.0. The van der Waals surface area contributed by atoms with Gasteiger partial charge in [0.05, 0.1) is 6.61 Å². The van der Waals surface area contributed by atoms with Gasteiger partial charge in [-0.1, -0.05) is 12.1 Å². The molecule has 0 radical (unpaired) electrons. The first-order valence-corrected chi connectivity index (χ1v) is 10.2. The predicted octanol–water partition coefficient (Wildman–Crippen LogP) is 2.06. The fraction of sp³-hybridized carbons (Fsp3) is 0.571. The van der Waals surface area contributed by atoms with Crippen LogP contribution in [-0.4, -0.2) is 81.2 Å². The molecule has 2 rings (SSSR count). The molecule has 1 aliphatic heterocycles. The quantitative estimate of drug-likeness (QED) is 0.309. The third-order valence-corrected chi connectivity index (χ3v) is 4.80. The first-order valence-electron chi connectivity index (χ1n) is 10.2. The van der Waals surface area contributed by atoms with Gasteiger partial charge in [-0.15, -0.1) is 24.0 Å². The van der Waals surface area contributed by atoms with E-state index in [0.717, 1.165) is 18.4 Å². The van der Waals surface area contributed by atoms with E-state index in [2.05, 4.69) is 15.6 Å². The number of guanidine groups is 1. The second-order valence-electron chi connectivity index (χ2n) is 7.25. The predicted molar refractivity (Wildman–Crippen MR) is 131 cm³/mol. The summed E-state index contributed by atoms with van der Waals surface area (Å²) >= 11 is 0. The Morgan fingerprint density at radius 2 is 1.97 bits per heavy atom. The number of carbonyl (C=O) groups excluding carboxylic acids is 2. The molecule has 2 amide bonds. The second kappa shape index (κ2) is 13.9. The van der Waals surface area contributed by atoms with Crippen LogP contribution in [0.5, 0.6) is 5.75 Å². The summed E-state index contributed by atoms with van der Waals surface area (Å²) in [6.07, 6.45) is 1.43. The molecule has 1 saturated heterocycles. The molecule has 0 atom stereocenters. The van der Waals surface area contributed by atoms with Crippen molar-refractivity contribution in [2.75, 3.05) is 47.4 Å². The normalized spacial score (nSPS) is 14.3. The zero-order valence-electron chi connectivity index (χ0n) is 18.7. The van der Waals surface area contributed by atoms with Gasteiger partial charge >= 0.3 is 6.09 Å². The van der Waals surface area contributed by atoms with Gasteiger partial charge in [0, 0.05) is 46.8 Å². The maximum atomic E-state index is 11.8. The van der Waals surface area contributed by atoms with Crippen LogP contribution in [0.4, 0.5) is 4.79 Å². The third-order valence-electron chi connectivity index (χ3n) is 4.80. The van der Waals surface area contributed by atoms with Crippen molar-refractivity contribution in [1.29, 1.82) is 0 Å². The van der Waals surface area contributed by atoms with Crippen molar-refractivity contribution in [3.05, 3.63) is 29.8 Å². The van der Waals surface area contributed by atoms with E-state index in [4.69, 9.17) is 9.47 Å². The van der Waals surface area contributed by atoms with Gasteiger partial charge in [-0.3, -0.25) is 9.79 Å². The van der Waals surface area contributed by atoms with E-state index in [1.165, 1.54) is 4.90 Å². The molecule has 31 heavy (non-hydrogen) atoms. The fourth-order valence-electron chi connectivity index (χ4n) is 3.01. The van der Waals surface area contributed by atoms with Gasteiger partial charge < -0.3 is 29.9 Å². The van der Waals surface area contributed by atoms with Gasteiger partial charge in [-0.05, 0) is 37.5 Å². The average molecular weight is 547 g/mol. The Morgan fingerprint density at radius 3 is 2.58 bits per heavy atom. The number of piperidine rings is 1. The number of nitrogens with one attached hydrogen (secondary N) is 2. The van der Waals surface area contributed by atoms with E-state index in [-0.39, 0.29) is 48.6 Å². The van der Waals surface area contributed by atoms with Crippen molar-refractivity contribution in [3.8, 4) is 5.75 Å². The SMILES string of the molecule is CCOC(=O)N1CCC(NC(=NC)NCc2cccc(OCC(=O)N(C)C)c2)CC1.I. The van der Waals surface area contributed by atoms with Crippen LogP contribution in [0.25, 0.3) is 0 Å². The van der Waals surface area contributed by atoms with Crippen molar-refractivity contribution in [2.24, 2.45) is 4.99 Å². The standard InChI is InChI=1S/C21H33N5O4.HI/c1-5-29-21(28)26-11-9-17(10-12-26)24-20(22-2)23-14-16-7-6-8-18(13-16)30-15-19(27)25(3)4;/h6-8,13,17H,5,9-12,14-15H2,1-4H3,(H2,22,23,24);1H. The molecule has 0 spiro atoms. The van der Waals surface area contributed by atoms with Crippen LogP contribution in [-0.2, 0) is 16.1 Å². The van der Waals surface area contributed by atoms with Crippen LogP contribution >= 0.6 is 24.0 Å². The molecule has 1 heterocycles. The van der Waals surface area contributed by atoms with Gasteiger partial charge in [-0.2, -0.15) is 0 Å². The molecule has 0 unspecified atom stereocenters. The summed E-state index contributed by atoms with van der Waals surface area (Å²) in [5, 5.41) is 6.71. The second-order valence-corrected chi connectivity index (χ2v) is 7.25. The number of ether oxygens (including phenoxy) is 2. The number of aliphatic imine (C=N–C) groups is 1. The van der Waals surface area contributed by atoms with Crippen molar-refractivity contribution in [2.45, 2.75) is 32.4 Å². The Bertz CT molecular complexity index is 736. The van der Waals surface area contributed by atoms with Crippen LogP contribution in [0.2, 0.25) is 0 Å². The topological polar surface area (TPSA) is 95.5 Å². The van der Waals surface area contributed by atoms with Crippen molar-refractivity contribution < 1.29 is 19.1 Å². The number of hydrogen-bond acceptors (Lipinski definition) is 5. The average Bonchev–Trinajstić information content (AvgIpc) is 2.75. The number of likely N-dealkylation sites (N-methyl/N-ethyl adjacent to an activating group) is 1. The molecule has 10 heteroatoms. The highest BCUT2D eigenvalue weighted by Gasteiger charge is 2.24. The first-order chi connectivity index (χ1) is 14.4. The molecule has 1 fully saturated rings. The van der Waals surface area contributed by atoms with Crippen LogP contribution < -0.4 is 15.4 Å². The summed E-state index contributed by atoms with van der Waals surface area (Å²) in [5.41, 5.74) is 1.02. The number of nitrogens with zero attached hydrogens (tertiary/aromatic N) is 3. The molecule has 9 nitrogen and oxygen atoms in total. The maximum absolute atomic E-state index is 11.8. The Kier molecular flexibility index (Phi) is 12.1. The lowest BCUT2D eigenvalue weighted by Crippen LogP contribution is -2.49. The molecule has 1 aliphatic rings. The van der Waals surface area contributed by atoms with Gasteiger partial charge in [0.25, 0.3) is 5.91 Å². The molecule has 174 valence electrons. The lowest BCUT2D eigenvalue weighted by Gasteiger charge is -2.32. The highest BCUT2D eigenvalue weighted by atomic mass is 127. The third kappa shape index (κ3) is 9.19. The first kappa shape index (κ1) is 26.8. The zero-order chi connectivity index (χ0) is 21.9. The molecule has 1 aromatic rings. The lowest BCUT2D eigenvalue weighted by molar-refractivity contribution is -0.130. The fourth-order valence-corrected chi connectivity index (χ4v) is 3.01. The summed E-state index contributed by atoms with van der Waals surface area (Å²) in [6, 6.07) is 7.86. The summed E-state index contributed by atoms with van der Waals surface area (Å²) in [6.45, 7) is 4.12. The number of hydrogen-bond donors (Lipinski definition) is 2. The van der Waals surface area contributed by atoms with Crippen LogP contribution in [0.1, 0.15) is 25.3 Å². The van der Waals surface area contributed by atoms with Gasteiger partial charge in [0.15, 0.2) is 12.6 Å². The summed E-state index contributed by atoms with van der Waals surface area (Å²) < 4.78 is 10.6. The Morgan fingerprint density at radius 1 is 1.26 bits per heavy atom. The minimum atomic E-state index is -0.243. The number of rotatable bonds is 7. The summed E-state index contributed by atoms with van der Waals surface area (Å²) in [7, 11) is 5.13. The minimum absolute atomic E-state index is 0. The largest absolute Gasteiger partial charge is 0.484 e. The Labute approximate surface area is 201 Å². The lowest BCUT2D eigenvalue weighted by atomic mass is 10.1. The molecule has 0 aliphatic carbocycles. The van der Waals surface area contributed by atoms with Crippen LogP contribution in [0, 0.1) is 0 Å². The Hall–Kier alpha value is -2.24. The molecule has 2 N–H and O–H groups in total. The molecule has 0 bridgehead atoms. The van der Waals surface area contributed by atoms with Crippen molar-refractivity contribution in [3.63, 3.8) is 0 Å².